The second kappa shape index (κ2) is 6.31. The number of nitrogens with one attached hydrogen (secondary N) is 1. The van der Waals surface area contributed by atoms with E-state index >= 15 is 0 Å². The molecule has 0 fully saturated rings. The maximum absolute atomic E-state index is 13.0. The minimum absolute atomic E-state index is 0.0384. The summed E-state index contributed by atoms with van der Waals surface area (Å²) < 4.78 is 39.6. The van der Waals surface area contributed by atoms with E-state index < -0.39 is 20.9 Å². The Morgan fingerprint density at radius 2 is 1.91 bits per heavy atom. The summed E-state index contributed by atoms with van der Waals surface area (Å²) in [7, 11) is -2.34. The minimum Gasteiger partial charge on any atom is -0.315 e. The Morgan fingerprint density at radius 1 is 1.32 bits per heavy atom. The molecule has 0 amide bonds. The summed E-state index contributed by atoms with van der Waals surface area (Å²) in [6.45, 7) is 3.49. The van der Waals surface area contributed by atoms with Crippen molar-refractivity contribution in [2.45, 2.75) is 30.5 Å². The molecule has 0 aliphatic carbocycles. The van der Waals surface area contributed by atoms with E-state index in [0.29, 0.717) is 29.0 Å². The Kier molecular flexibility index (Phi) is 4.84. The van der Waals surface area contributed by atoms with Crippen molar-refractivity contribution < 1.29 is 12.8 Å². The zero-order valence-corrected chi connectivity index (χ0v) is 14.1. The summed E-state index contributed by atoms with van der Waals surface area (Å²) in [6.07, 6.45) is 0.423. The van der Waals surface area contributed by atoms with Gasteiger partial charge in [-0.2, -0.15) is 4.31 Å². The van der Waals surface area contributed by atoms with Gasteiger partial charge >= 0.3 is 4.87 Å². The number of sulfonamides is 1. The largest absolute Gasteiger partial charge is 0.315 e. The Bertz CT molecular complexity index is 809. The molecule has 0 saturated carbocycles. The van der Waals surface area contributed by atoms with Gasteiger partial charge in [0.1, 0.15) is 5.82 Å². The normalized spacial score (nSPS) is 13.5. The third-order valence-electron chi connectivity index (χ3n) is 3.55. The number of halogens is 1. The highest BCUT2D eigenvalue weighted by Gasteiger charge is 2.30. The van der Waals surface area contributed by atoms with Gasteiger partial charge in [-0.15, -0.1) is 0 Å². The summed E-state index contributed by atoms with van der Waals surface area (Å²) in [6, 6.07) is 5.20. The third-order valence-corrected chi connectivity index (χ3v) is 6.94. The first kappa shape index (κ1) is 16.9. The first-order chi connectivity index (χ1) is 10.3. The van der Waals surface area contributed by atoms with Crippen LogP contribution in [0.3, 0.4) is 0 Å². The third kappa shape index (κ3) is 3.13. The highest BCUT2D eigenvalue weighted by molar-refractivity contribution is 7.91. The number of aromatic nitrogens is 1. The zero-order chi connectivity index (χ0) is 16.5. The molecule has 2 aromatic rings. The molecule has 120 valence electrons. The fourth-order valence-electron chi connectivity index (χ4n) is 2.08. The monoisotopic (exact) mass is 344 g/mol. The molecular weight excluding hydrogens is 327 g/mol. The Balaban J connectivity index is 2.40. The van der Waals surface area contributed by atoms with E-state index in [-0.39, 0.29) is 10.0 Å². The van der Waals surface area contributed by atoms with Gasteiger partial charge in [0.2, 0.25) is 0 Å². The molecule has 0 bridgehead atoms. The molecule has 1 atom stereocenters. The number of nitrogens with zero attached hydrogens (tertiary/aromatic N) is 1. The molecule has 1 aromatic heterocycles. The summed E-state index contributed by atoms with van der Waals surface area (Å²) in [5.74, 6) is -0.376. The van der Waals surface area contributed by atoms with Crippen LogP contribution in [-0.4, -0.2) is 24.8 Å². The smallest absolute Gasteiger partial charge is 0.306 e. The van der Waals surface area contributed by atoms with Gasteiger partial charge in [-0.1, -0.05) is 30.4 Å². The van der Waals surface area contributed by atoms with Crippen molar-refractivity contribution in [3.8, 4) is 0 Å². The van der Waals surface area contributed by atoms with Crippen molar-refractivity contribution in [1.29, 1.82) is 0 Å². The molecule has 0 unspecified atom stereocenters. The predicted molar refractivity (Wildman–Crippen MR) is 84.1 cm³/mol. The molecule has 0 aliphatic heterocycles. The predicted octanol–water partition coefficient (Wildman–Crippen LogP) is 2.52. The molecule has 2 rings (SSSR count). The molecule has 1 heterocycles. The van der Waals surface area contributed by atoms with Gasteiger partial charge in [0.25, 0.3) is 10.0 Å². The minimum atomic E-state index is -3.79. The molecule has 0 saturated heterocycles. The lowest BCUT2D eigenvalue weighted by Crippen LogP contribution is -2.30. The van der Waals surface area contributed by atoms with Gasteiger partial charge in [-0.3, -0.25) is 4.79 Å². The van der Waals surface area contributed by atoms with Gasteiger partial charge in [0, 0.05) is 18.8 Å². The molecule has 0 aliphatic rings. The maximum Gasteiger partial charge on any atom is 0.306 e. The van der Waals surface area contributed by atoms with E-state index in [4.69, 9.17) is 0 Å². The van der Waals surface area contributed by atoms with Crippen LogP contribution in [0.5, 0.6) is 0 Å². The molecular formula is C14H17FN2O3S2. The van der Waals surface area contributed by atoms with Crippen LogP contribution in [0, 0.1) is 5.82 Å². The lowest BCUT2D eigenvalue weighted by molar-refractivity contribution is 0.399. The number of hydrogen-bond acceptors (Lipinski definition) is 4. The Hall–Kier alpha value is -1.51. The summed E-state index contributed by atoms with van der Waals surface area (Å²) in [5.41, 5.74) is 1.08. The molecule has 0 spiro atoms. The van der Waals surface area contributed by atoms with Crippen molar-refractivity contribution in [1.82, 2.24) is 9.29 Å². The Labute approximate surface area is 132 Å². The number of thiazole rings is 1. The average molecular weight is 344 g/mol. The van der Waals surface area contributed by atoms with Crippen LogP contribution in [0.15, 0.2) is 33.3 Å². The SMILES string of the molecule is CCc1[nH]c(=O)sc1S(=O)(=O)N(C)[C@H](C)c1ccc(F)cc1. The van der Waals surface area contributed by atoms with E-state index in [9.17, 15) is 17.6 Å². The van der Waals surface area contributed by atoms with Crippen molar-refractivity contribution in [3.63, 3.8) is 0 Å². The van der Waals surface area contributed by atoms with E-state index in [1.54, 1.807) is 26.0 Å². The van der Waals surface area contributed by atoms with Crippen LogP contribution in [0.4, 0.5) is 4.39 Å². The highest BCUT2D eigenvalue weighted by Crippen LogP contribution is 2.28. The molecule has 0 radical (unpaired) electrons. The molecule has 5 nitrogen and oxygen atoms in total. The van der Waals surface area contributed by atoms with Gasteiger partial charge in [-0.25, -0.2) is 12.8 Å². The first-order valence-electron chi connectivity index (χ1n) is 6.72. The van der Waals surface area contributed by atoms with Crippen LogP contribution in [-0.2, 0) is 16.4 Å². The highest BCUT2D eigenvalue weighted by atomic mass is 32.2. The maximum atomic E-state index is 13.0. The molecule has 22 heavy (non-hydrogen) atoms. The second-order valence-corrected chi connectivity index (χ2v) is 8.06. The first-order valence-corrected chi connectivity index (χ1v) is 8.98. The standard InChI is InChI=1S/C14H17FN2O3S2/c1-4-12-13(21-14(18)16-12)22(19,20)17(3)9(2)10-5-7-11(15)8-6-10/h5-9H,4H2,1-3H3,(H,16,18)/t9-/m1/s1. The van der Waals surface area contributed by atoms with Crippen LogP contribution >= 0.6 is 11.3 Å². The molecule has 1 N–H and O–H groups in total. The lowest BCUT2D eigenvalue weighted by Gasteiger charge is -2.24. The van der Waals surface area contributed by atoms with Crippen LogP contribution in [0.2, 0.25) is 0 Å². The number of benzene rings is 1. The number of rotatable bonds is 5. The molecule has 1 aromatic carbocycles. The van der Waals surface area contributed by atoms with Crippen LogP contribution in [0.25, 0.3) is 0 Å². The number of H-pyrrole nitrogens is 1. The van der Waals surface area contributed by atoms with Crippen LogP contribution < -0.4 is 4.87 Å². The quantitative estimate of drug-likeness (QED) is 0.906. The number of hydrogen-bond donors (Lipinski definition) is 1. The van der Waals surface area contributed by atoms with Gasteiger partial charge < -0.3 is 4.98 Å². The zero-order valence-electron chi connectivity index (χ0n) is 12.5. The van der Waals surface area contributed by atoms with E-state index in [0.717, 1.165) is 0 Å². The van der Waals surface area contributed by atoms with E-state index in [1.165, 1.54) is 23.5 Å². The number of aromatic amines is 1. The average Bonchev–Trinajstić information content (AvgIpc) is 2.88. The lowest BCUT2D eigenvalue weighted by atomic mass is 10.1. The molecule has 8 heteroatoms. The van der Waals surface area contributed by atoms with Gasteiger partial charge in [-0.05, 0) is 31.0 Å². The summed E-state index contributed by atoms with van der Waals surface area (Å²) in [5, 5.41) is 0. The van der Waals surface area contributed by atoms with Gasteiger partial charge in [0.05, 0.1) is 0 Å². The fraction of sp³-hybridized carbons (Fsp3) is 0.357. The second-order valence-electron chi connectivity index (χ2n) is 4.88. The summed E-state index contributed by atoms with van der Waals surface area (Å²) in [4.78, 5) is 13.6. The number of aryl methyl sites for hydroxylation is 1. The van der Waals surface area contributed by atoms with Crippen molar-refractivity contribution in [2.75, 3.05) is 7.05 Å². The van der Waals surface area contributed by atoms with E-state index in [1.807, 2.05) is 0 Å². The van der Waals surface area contributed by atoms with Crippen molar-refractivity contribution in [3.05, 3.63) is 51.0 Å². The van der Waals surface area contributed by atoms with Gasteiger partial charge in [0.15, 0.2) is 4.21 Å². The Morgan fingerprint density at radius 3 is 2.45 bits per heavy atom. The topological polar surface area (TPSA) is 70.2 Å². The van der Waals surface area contributed by atoms with Crippen molar-refractivity contribution >= 4 is 21.4 Å². The van der Waals surface area contributed by atoms with Crippen LogP contribution in [0.1, 0.15) is 31.1 Å². The van der Waals surface area contributed by atoms with E-state index in [2.05, 4.69) is 4.98 Å². The summed E-state index contributed by atoms with van der Waals surface area (Å²) >= 11 is 0.689. The van der Waals surface area contributed by atoms with Crippen molar-refractivity contribution in [2.24, 2.45) is 0 Å². The fourth-order valence-corrected chi connectivity index (χ4v) is 5.05.